The molecule has 3 rings (SSSR count). The van der Waals surface area contributed by atoms with Gasteiger partial charge in [0.25, 0.3) is 0 Å². The van der Waals surface area contributed by atoms with E-state index in [0.29, 0.717) is 12.6 Å². The van der Waals surface area contributed by atoms with Crippen LogP contribution >= 0.6 is 15.9 Å². The first kappa shape index (κ1) is 10.9. The quantitative estimate of drug-likeness (QED) is 0.865. The molecule has 0 saturated carbocycles. The van der Waals surface area contributed by atoms with Gasteiger partial charge in [0, 0.05) is 23.6 Å². The number of anilines is 1. The molecule has 2 atom stereocenters. The van der Waals surface area contributed by atoms with Gasteiger partial charge in [0.15, 0.2) is 0 Å². The molecule has 1 N–H and O–H groups in total. The molecule has 2 bridgehead atoms. The van der Waals surface area contributed by atoms with E-state index in [9.17, 15) is 4.79 Å². The Labute approximate surface area is 108 Å². The molecule has 1 aromatic rings. The normalized spacial score (nSPS) is 26.6. The van der Waals surface area contributed by atoms with E-state index in [2.05, 4.69) is 26.9 Å². The lowest BCUT2D eigenvalue weighted by atomic mass is 10.2. The predicted molar refractivity (Wildman–Crippen MR) is 68.4 cm³/mol. The maximum Gasteiger partial charge on any atom is 0.407 e. The fraction of sp³-hybridized carbons (Fsp3) is 0.417. The Morgan fingerprint density at radius 1 is 1.29 bits per heavy atom. The Kier molecular flexibility index (Phi) is 2.50. The lowest BCUT2D eigenvalue weighted by molar-refractivity contribution is 0.137. The first-order valence-corrected chi connectivity index (χ1v) is 6.47. The highest BCUT2D eigenvalue weighted by molar-refractivity contribution is 9.10. The van der Waals surface area contributed by atoms with Crippen LogP contribution in [0.1, 0.15) is 6.42 Å². The van der Waals surface area contributed by atoms with Crippen LogP contribution in [0, 0.1) is 0 Å². The minimum Gasteiger partial charge on any atom is -0.465 e. The Bertz CT molecular complexity index is 466. The summed E-state index contributed by atoms with van der Waals surface area (Å²) in [5.41, 5.74) is 1.17. The molecule has 2 saturated heterocycles. The second-order valence-corrected chi connectivity index (χ2v) is 5.44. The van der Waals surface area contributed by atoms with Crippen molar-refractivity contribution in [2.75, 3.05) is 18.0 Å². The Morgan fingerprint density at radius 3 is 2.65 bits per heavy atom. The summed E-state index contributed by atoms with van der Waals surface area (Å²) < 4.78 is 1.08. The third-order valence-electron chi connectivity index (χ3n) is 3.65. The van der Waals surface area contributed by atoms with Crippen LogP contribution in [0.2, 0.25) is 0 Å². The van der Waals surface area contributed by atoms with Crippen LogP contribution in [0.4, 0.5) is 10.5 Å². The van der Waals surface area contributed by atoms with Crippen LogP contribution < -0.4 is 4.90 Å². The summed E-state index contributed by atoms with van der Waals surface area (Å²) in [4.78, 5) is 14.9. The van der Waals surface area contributed by atoms with Crippen molar-refractivity contribution in [2.45, 2.75) is 18.5 Å². The van der Waals surface area contributed by atoms with Gasteiger partial charge in [-0.2, -0.15) is 0 Å². The number of amides is 1. The van der Waals surface area contributed by atoms with Gasteiger partial charge < -0.3 is 14.9 Å². The van der Waals surface area contributed by atoms with Crippen LogP contribution in [0.15, 0.2) is 28.7 Å². The van der Waals surface area contributed by atoms with Gasteiger partial charge in [-0.3, -0.25) is 0 Å². The molecule has 0 aliphatic carbocycles. The largest absolute Gasteiger partial charge is 0.465 e. The van der Waals surface area contributed by atoms with E-state index in [4.69, 9.17) is 5.11 Å². The number of nitrogens with zero attached hydrogens (tertiary/aromatic N) is 2. The number of para-hydroxylation sites is 1. The van der Waals surface area contributed by atoms with Crippen molar-refractivity contribution >= 4 is 27.7 Å². The molecule has 2 aliphatic rings. The zero-order valence-corrected chi connectivity index (χ0v) is 10.8. The van der Waals surface area contributed by atoms with Gasteiger partial charge in [-0.05, 0) is 34.5 Å². The van der Waals surface area contributed by atoms with Crippen molar-refractivity contribution in [3.8, 4) is 0 Å². The van der Waals surface area contributed by atoms with Crippen LogP contribution in [-0.2, 0) is 0 Å². The molecular formula is C12H13BrN2O2. The number of hydrogen-bond acceptors (Lipinski definition) is 2. The van der Waals surface area contributed by atoms with Crippen LogP contribution in [0.5, 0.6) is 0 Å². The SMILES string of the molecule is O=C(O)N1C[C@@H]2C[C@H]1CN2c1ccccc1Br. The van der Waals surface area contributed by atoms with Crippen molar-refractivity contribution < 1.29 is 9.90 Å². The maximum atomic E-state index is 11.0. The first-order chi connectivity index (χ1) is 8.16. The molecule has 0 radical (unpaired) electrons. The van der Waals surface area contributed by atoms with E-state index in [-0.39, 0.29) is 6.04 Å². The molecule has 0 spiro atoms. The third kappa shape index (κ3) is 1.69. The van der Waals surface area contributed by atoms with Gasteiger partial charge in [0.2, 0.25) is 0 Å². The van der Waals surface area contributed by atoms with Gasteiger partial charge in [0.05, 0.1) is 11.7 Å². The molecule has 0 unspecified atom stereocenters. The topological polar surface area (TPSA) is 43.8 Å². The van der Waals surface area contributed by atoms with Crippen molar-refractivity contribution in [1.29, 1.82) is 0 Å². The molecule has 2 fully saturated rings. The zero-order valence-electron chi connectivity index (χ0n) is 9.21. The average Bonchev–Trinajstić information content (AvgIpc) is 2.88. The Hall–Kier alpha value is -1.23. The average molecular weight is 297 g/mol. The van der Waals surface area contributed by atoms with Gasteiger partial charge in [-0.1, -0.05) is 12.1 Å². The fourth-order valence-corrected chi connectivity index (χ4v) is 3.39. The van der Waals surface area contributed by atoms with Crippen molar-refractivity contribution in [3.05, 3.63) is 28.7 Å². The maximum absolute atomic E-state index is 11.0. The van der Waals surface area contributed by atoms with E-state index in [1.807, 2.05) is 18.2 Å². The van der Waals surface area contributed by atoms with Gasteiger partial charge in [-0.15, -0.1) is 0 Å². The monoisotopic (exact) mass is 296 g/mol. The van der Waals surface area contributed by atoms with E-state index in [1.165, 1.54) is 5.69 Å². The molecule has 1 amide bonds. The van der Waals surface area contributed by atoms with E-state index < -0.39 is 6.09 Å². The molecule has 90 valence electrons. The fourth-order valence-electron chi connectivity index (χ4n) is 2.88. The first-order valence-electron chi connectivity index (χ1n) is 5.67. The molecule has 17 heavy (non-hydrogen) atoms. The summed E-state index contributed by atoms with van der Waals surface area (Å²) in [5.74, 6) is 0. The highest BCUT2D eigenvalue weighted by Crippen LogP contribution is 2.37. The molecular weight excluding hydrogens is 284 g/mol. The third-order valence-corrected chi connectivity index (χ3v) is 4.32. The summed E-state index contributed by atoms with van der Waals surface area (Å²) in [5, 5.41) is 9.04. The van der Waals surface area contributed by atoms with Crippen molar-refractivity contribution in [1.82, 2.24) is 4.90 Å². The van der Waals surface area contributed by atoms with E-state index >= 15 is 0 Å². The summed E-state index contributed by atoms with van der Waals surface area (Å²) in [6.07, 6.45) is 0.164. The summed E-state index contributed by atoms with van der Waals surface area (Å²) >= 11 is 3.55. The highest BCUT2D eigenvalue weighted by Gasteiger charge is 2.45. The lowest BCUT2D eigenvalue weighted by Gasteiger charge is -2.34. The number of rotatable bonds is 1. The minimum atomic E-state index is -0.788. The number of hydrogen-bond donors (Lipinski definition) is 1. The number of carbonyl (C=O) groups is 1. The zero-order chi connectivity index (χ0) is 12.0. The number of halogens is 1. The number of carboxylic acid groups (broad SMARTS) is 1. The van der Waals surface area contributed by atoms with Crippen molar-refractivity contribution in [3.63, 3.8) is 0 Å². The summed E-state index contributed by atoms with van der Waals surface area (Å²) in [7, 11) is 0. The van der Waals surface area contributed by atoms with E-state index in [0.717, 1.165) is 17.4 Å². The number of fused-ring (bicyclic) bond motifs is 2. The van der Waals surface area contributed by atoms with Gasteiger partial charge >= 0.3 is 6.09 Å². The minimum absolute atomic E-state index is 0.157. The second-order valence-electron chi connectivity index (χ2n) is 4.58. The summed E-state index contributed by atoms with van der Waals surface area (Å²) in [6, 6.07) is 8.60. The summed E-state index contributed by atoms with van der Waals surface area (Å²) in [6.45, 7) is 1.43. The Balaban J connectivity index is 1.83. The van der Waals surface area contributed by atoms with Crippen LogP contribution in [0.25, 0.3) is 0 Å². The molecule has 5 heteroatoms. The van der Waals surface area contributed by atoms with E-state index in [1.54, 1.807) is 4.90 Å². The van der Waals surface area contributed by atoms with Gasteiger partial charge in [-0.25, -0.2) is 4.79 Å². The molecule has 0 aromatic heterocycles. The molecule has 2 heterocycles. The standard InChI is InChI=1S/C12H13BrN2O2/c13-10-3-1-2-4-11(10)14-6-9-5-8(14)7-15(9)12(16)17/h1-4,8-9H,5-7H2,(H,16,17)/t8-,9-/m0/s1. The Morgan fingerprint density at radius 2 is 2.06 bits per heavy atom. The molecule has 2 aliphatic heterocycles. The highest BCUT2D eigenvalue weighted by atomic mass is 79.9. The molecule has 4 nitrogen and oxygen atoms in total. The van der Waals surface area contributed by atoms with Crippen molar-refractivity contribution in [2.24, 2.45) is 0 Å². The van der Waals surface area contributed by atoms with Gasteiger partial charge in [0.1, 0.15) is 0 Å². The number of likely N-dealkylation sites (tertiary alicyclic amines) is 1. The second kappa shape index (κ2) is 3.91. The van der Waals surface area contributed by atoms with Crippen LogP contribution in [0.3, 0.4) is 0 Å². The smallest absolute Gasteiger partial charge is 0.407 e. The number of piperazine rings is 1. The predicted octanol–water partition coefficient (Wildman–Crippen LogP) is 2.39. The lowest BCUT2D eigenvalue weighted by Crippen LogP contribution is -2.48. The van der Waals surface area contributed by atoms with Crippen LogP contribution in [-0.4, -0.2) is 41.3 Å². The number of benzene rings is 1. The molecule has 1 aromatic carbocycles.